The average molecular weight is 266 g/mol. The molecular formula is C13H22N4O2. The van der Waals surface area contributed by atoms with Gasteiger partial charge in [0.2, 0.25) is 5.91 Å². The van der Waals surface area contributed by atoms with Crippen molar-refractivity contribution in [3.63, 3.8) is 0 Å². The minimum atomic E-state index is -0.219. The lowest BCUT2D eigenvalue weighted by atomic mass is 10.1. The zero-order valence-electron chi connectivity index (χ0n) is 12.4. The molecule has 19 heavy (non-hydrogen) atoms. The fourth-order valence-electron chi connectivity index (χ4n) is 1.55. The van der Waals surface area contributed by atoms with Crippen molar-refractivity contribution in [3.05, 3.63) is 11.4 Å². The van der Waals surface area contributed by atoms with E-state index in [-0.39, 0.29) is 23.4 Å². The highest BCUT2D eigenvalue weighted by Crippen LogP contribution is 2.21. The molecule has 1 atom stereocenters. The predicted octanol–water partition coefficient (Wildman–Crippen LogP) is 1.41. The van der Waals surface area contributed by atoms with Gasteiger partial charge in [0.05, 0.1) is 11.4 Å². The van der Waals surface area contributed by atoms with Crippen molar-refractivity contribution in [1.29, 1.82) is 0 Å². The van der Waals surface area contributed by atoms with Gasteiger partial charge in [0.15, 0.2) is 5.69 Å². The van der Waals surface area contributed by atoms with Gasteiger partial charge in [-0.2, -0.15) is 5.10 Å². The molecule has 1 aromatic rings. The molecule has 0 spiro atoms. The Balaban J connectivity index is 3.12. The summed E-state index contributed by atoms with van der Waals surface area (Å²) in [6.45, 7) is 5.63. The van der Waals surface area contributed by atoms with Crippen LogP contribution in [0.1, 0.15) is 36.5 Å². The molecular weight excluding hydrogens is 244 g/mol. The third-order valence-corrected chi connectivity index (χ3v) is 3.25. The first-order valence-electron chi connectivity index (χ1n) is 6.35. The van der Waals surface area contributed by atoms with Crippen LogP contribution >= 0.6 is 0 Å². The molecule has 1 aromatic heterocycles. The normalized spacial score (nSPS) is 12.1. The smallest absolute Gasteiger partial charge is 0.276 e. The molecule has 0 aromatic carbocycles. The maximum absolute atomic E-state index is 12.1. The highest BCUT2D eigenvalue weighted by atomic mass is 16.2. The van der Waals surface area contributed by atoms with Crippen molar-refractivity contribution in [1.82, 2.24) is 14.7 Å². The summed E-state index contributed by atoms with van der Waals surface area (Å²) in [4.78, 5) is 25.5. The molecule has 0 fully saturated rings. The van der Waals surface area contributed by atoms with E-state index in [0.29, 0.717) is 5.69 Å². The van der Waals surface area contributed by atoms with E-state index < -0.39 is 0 Å². The zero-order chi connectivity index (χ0) is 14.7. The fraction of sp³-hybridized carbons (Fsp3) is 0.615. The maximum Gasteiger partial charge on any atom is 0.276 e. The lowest BCUT2D eigenvalue weighted by Crippen LogP contribution is -2.25. The number of carbonyl (C=O) groups is 2. The second-order valence-corrected chi connectivity index (χ2v) is 4.93. The predicted molar refractivity (Wildman–Crippen MR) is 74.0 cm³/mol. The highest BCUT2D eigenvalue weighted by Gasteiger charge is 2.23. The van der Waals surface area contributed by atoms with Crippen molar-refractivity contribution in [2.75, 3.05) is 19.4 Å². The quantitative estimate of drug-likeness (QED) is 0.896. The number of carbonyl (C=O) groups excluding carboxylic acids is 2. The number of hydrogen-bond acceptors (Lipinski definition) is 3. The molecule has 0 saturated carbocycles. The van der Waals surface area contributed by atoms with Gasteiger partial charge in [-0.15, -0.1) is 0 Å². The Morgan fingerprint density at radius 1 is 1.42 bits per heavy atom. The number of aromatic nitrogens is 2. The van der Waals surface area contributed by atoms with Crippen LogP contribution in [-0.2, 0) is 11.8 Å². The highest BCUT2D eigenvalue weighted by molar-refractivity contribution is 6.03. The number of rotatable bonds is 4. The Morgan fingerprint density at radius 3 is 2.47 bits per heavy atom. The summed E-state index contributed by atoms with van der Waals surface area (Å²) < 4.78 is 1.60. The van der Waals surface area contributed by atoms with Gasteiger partial charge in [-0.25, -0.2) is 0 Å². The zero-order valence-corrected chi connectivity index (χ0v) is 12.4. The Hall–Kier alpha value is -1.85. The minimum absolute atomic E-state index is 0.0913. The molecule has 0 radical (unpaired) electrons. The van der Waals surface area contributed by atoms with Crippen LogP contribution in [0.5, 0.6) is 0 Å². The second-order valence-electron chi connectivity index (χ2n) is 4.93. The monoisotopic (exact) mass is 266 g/mol. The van der Waals surface area contributed by atoms with Crippen molar-refractivity contribution < 1.29 is 9.59 Å². The summed E-state index contributed by atoms with van der Waals surface area (Å²) in [6, 6.07) is 0. The Kier molecular flexibility index (Phi) is 4.69. The van der Waals surface area contributed by atoms with E-state index in [1.54, 1.807) is 25.8 Å². The standard InChI is InChI=1S/C13H22N4O2/c1-7-8(2)12(18)14-10-9(3)17(6)15-11(10)13(19)16(4)5/h8H,7H2,1-6H3,(H,14,18). The molecule has 0 aliphatic heterocycles. The lowest BCUT2D eigenvalue weighted by Gasteiger charge is -2.13. The van der Waals surface area contributed by atoms with E-state index in [0.717, 1.165) is 12.1 Å². The first-order chi connectivity index (χ1) is 8.79. The first kappa shape index (κ1) is 15.2. The first-order valence-corrected chi connectivity index (χ1v) is 6.35. The third-order valence-electron chi connectivity index (χ3n) is 3.25. The van der Waals surface area contributed by atoms with Gasteiger partial charge in [0.1, 0.15) is 0 Å². The van der Waals surface area contributed by atoms with Gasteiger partial charge in [0.25, 0.3) is 5.91 Å². The van der Waals surface area contributed by atoms with Crippen LogP contribution in [0, 0.1) is 12.8 Å². The van der Waals surface area contributed by atoms with Gasteiger partial charge < -0.3 is 10.2 Å². The Bertz CT molecular complexity index is 491. The molecule has 0 bridgehead atoms. The molecule has 0 saturated heterocycles. The van der Waals surface area contributed by atoms with Crippen molar-refractivity contribution in [2.45, 2.75) is 27.2 Å². The van der Waals surface area contributed by atoms with Crippen LogP contribution in [0.25, 0.3) is 0 Å². The summed E-state index contributed by atoms with van der Waals surface area (Å²) in [5.74, 6) is -0.406. The second kappa shape index (κ2) is 5.86. The average Bonchev–Trinajstić information content (AvgIpc) is 2.64. The van der Waals surface area contributed by atoms with Crippen LogP contribution < -0.4 is 5.32 Å². The van der Waals surface area contributed by atoms with E-state index in [1.807, 2.05) is 20.8 Å². The largest absolute Gasteiger partial charge is 0.343 e. The molecule has 0 aliphatic rings. The number of anilines is 1. The number of nitrogens with one attached hydrogen (secondary N) is 1. The lowest BCUT2D eigenvalue weighted by molar-refractivity contribution is -0.119. The van der Waals surface area contributed by atoms with E-state index in [4.69, 9.17) is 0 Å². The number of amides is 2. The van der Waals surface area contributed by atoms with Crippen LogP contribution in [0.4, 0.5) is 5.69 Å². The summed E-state index contributed by atoms with van der Waals surface area (Å²) in [6.07, 6.45) is 0.752. The van der Waals surface area contributed by atoms with E-state index >= 15 is 0 Å². The van der Waals surface area contributed by atoms with E-state index in [1.165, 1.54) is 4.90 Å². The summed E-state index contributed by atoms with van der Waals surface area (Å²) in [5, 5.41) is 7.00. The number of aryl methyl sites for hydroxylation is 1. The van der Waals surface area contributed by atoms with Crippen molar-refractivity contribution in [3.8, 4) is 0 Å². The molecule has 0 aliphatic carbocycles. The van der Waals surface area contributed by atoms with Gasteiger partial charge >= 0.3 is 0 Å². The number of nitrogens with zero attached hydrogens (tertiary/aromatic N) is 3. The SMILES string of the molecule is CCC(C)C(=O)Nc1c(C(=O)N(C)C)nn(C)c1C. The van der Waals surface area contributed by atoms with Gasteiger partial charge in [-0.1, -0.05) is 13.8 Å². The minimum Gasteiger partial charge on any atom is -0.343 e. The molecule has 2 amide bonds. The van der Waals surface area contributed by atoms with Crippen LogP contribution in [-0.4, -0.2) is 40.6 Å². The molecule has 1 N–H and O–H groups in total. The van der Waals surface area contributed by atoms with Gasteiger partial charge in [0, 0.05) is 27.1 Å². The Morgan fingerprint density at radius 2 is 2.00 bits per heavy atom. The molecule has 6 heteroatoms. The van der Waals surface area contributed by atoms with E-state index in [2.05, 4.69) is 10.4 Å². The third kappa shape index (κ3) is 3.13. The molecule has 6 nitrogen and oxygen atoms in total. The van der Waals surface area contributed by atoms with Crippen LogP contribution in [0.3, 0.4) is 0 Å². The van der Waals surface area contributed by atoms with Gasteiger partial charge in [-0.3, -0.25) is 14.3 Å². The van der Waals surface area contributed by atoms with E-state index in [9.17, 15) is 9.59 Å². The maximum atomic E-state index is 12.1. The summed E-state index contributed by atoms with van der Waals surface area (Å²) in [5.41, 5.74) is 1.55. The molecule has 1 unspecified atom stereocenters. The van der Waals surface area contributed by atoms with Crippen LogP contribution in [0.15, 0.2) is 0 Å². The summed E-state index contributed by atoms with van der Waals surface area (Å²) in [7, 11) is 5.07. The van der Waals surface area contributed by atoms with Crippen LogP contribution in [0.2, 0.25) is 0 Å². The topological polar surface area (TPSA) is 67.2 Å². The summed E-state index contributed by atoms with van der Waals surface area (Å²) >= 11 is 0. The molecule has 1 rings (SSSR count). The fourth-order valence-corrected chi connectivity index (χ4v) is 1.55. The molecule has 106 valence electrons. The number of hydrogen-bond donors (Lipinski definition) is 1. The van der Waals surface area contributed by atoms with Crippen molar-refractivity contribution in [2.24, 2.45) is 13.0 Å². The van der Waals surface area contributed by atoms with Crippen molar-refractivity contribution >= 4 is 17.5 Å². The van der Waals surface area contributed by atoms with Gasteiger partial charge in [-0.05, 0) is 13.3 Å². The Labute approximate surface area is 113 Å². The molecule has 1 heterocycles.